The third-order valence-electron chi connectivity index (χ3n) is 4.05. The average Bonchev–Trinajstić information content (AvgIpc) is 2.84. The lowest BCUT2D eigenvalue weighted by molar-refractivity contribution is 0.607. The summed E-state index contributed by atoms with van der Waals surface area (Å²) in [7, 11) is 2.11. The van der Waals surface area contributed by atoms with Crippen molar-refractivity contribution < 1.29 is 4.39 Å². The van der Waals surface area contributed by atoms with Crippen molar-refractivity contribution in [1.29, 1.82) is 0 Å². The van der Waals surface area contributed by atoms with E-state index in [2.05, 4.69) is 11.9 Å². The van der Waals surface area contributed by atoms with Crippen molar-refractivity contribution in [1.82, 2.24) is 0 Å². The molecule has 0 amide bonds. The maximum Gasteiger partial charge on any atom is 0.126 e. The van der Waals surface area contributed by atoms with Gasteiger partial charge in [-0.2, -0.15) is 0 Å². The molecule has 0 unspecified atom stereocenters. The largest absolute Gasteiger partial charge is 0.371 e. The first-order chi connectivity index (χ1) is 8.50. The third kappa shape index (κ3) is 2.51. The summed E-state index contributed by atoms with van der Waals surface area (Å²) in [5, 5.41) is 0. The Bertz CT molecular complexity index is 423. The zero-order chi connectivity index (χ0) is 13.3. The highest BCUT2D eigenvalue weighted by Crippen LogP contribution is 2.32. The summed E-state index contributed by atoms with van der Waals surface area (Å²) in [5.74, 6) is -0.161. The Morgan fingerprint density at radius 3 is 2.50 bits per heavy atom. The maximum absolute atomic E-state index is 13.7. The summed E-state index contributed by atoms with van der Waals surface area (Å²) in [5.41, 5.74) is 8.67. The molecule has 1 aromatic rings. The van der Waals surface area contributed by atoms with Gasteiger partial charge in [0.2, 0.25) is 0 Å². The Labute approximate surface area is 109 Å². The van der Waals surface area contributed by atoms with Crippen LogP contribution in [-0.4, -0.2) is 13.1 Å². The first-order valence-corrected chi connectivity index (χ1v) is 6.79. The van der Waals surface area contributed by atoms with Crippen molar-refractivity contribution >= 4 is 5.69 Å². The molecule has 1 aromatic carbocycles. The molecule has 2 rings (SSSR count). The van der Waals surface area contributed by atoms with Crippen molar-refractivity contribution in [2.45, 2.75) is 51.6 Å². The topological polar surface area (TPSA) is 29.3 Å². The number of nitrogens with zero attached hydrogens (tertiary/aromatic N) is 1. The fourth-order valence-electron chi connectivity index (χ4n) is 2.84. The van der Waals surface area contributed by atoms with Gasteiger partial charge in [0.1, 0.15) is 5.82 Å². The van der Waals surface area contributed by atoms with Gasteiger partial charge in [-0.05, 0) is 49.9 Å². The molecule has 0 radical (unpaired) electrons. The SMILES string of the molecule is Cc1cc(N(C)C2CCCC2)c([C@@H](C)N)cc1F. The lowest BCUT2D eigenvalue weighted by Crippen LogP contribution is -2.30. The lowest BCUT2D eigenvalue weighted by atomic mass is 10.0. The summed E-state index contributed by atoms with van der Waals surface area (Å²) in [6.45, 7) is 3.72. The second kappa shape index (κ2) is 5.27. The Kier molecular flexibility index (Phi) is 3.91. The number of aryl methyl sites for hydroxylation is 1. The number of anilines is 1. The highest BCUT2D eigenvalue weighted by Gasteiger charge is 2.23. The first kappa shape index (κ1) is 13.3. The van der Waals surface area contributed by atoms with E-state index >= 15 is 0 Å². The highest BCUT2D eigenvalue weighted by atomic mass is 19.1. The molecule has 18 heavy (non-hydrogen) atoms. The van der Waals surface area contributed by atoms with Gasteiger partial charge in [0.15, 0.2) is 0 Å². The van der Waals surface area contributed by atoms with Crippen LogP contribution in [0.2, 0.25) is 0 Å². The number of nitrogens with two attached hydrogens (primary N) is 1. The fourth-order valence-corrected chi connectivity index (χ4v) is 2.84. The van der Waals surface area contributed by atoms with Gasteiger partial charge in [-0.3, -0.25) is 0 Å². The van der Waals surface area contributed by atoms with Crippen LogP contribution in [0.5, 0.6) is 0 Å². The molecule has 1 fully saturated rings. The number of halogens is 1. The Morgan fingerprint density at radius 1 is 1.33 bits per heavy atom. The van der Waals surface area contributed by atoms with E-state index in [1.165, 1.54) is 25.7 Å². The lowest BCUT2D eigenvalue weighted by Gasteiger charge is -2.30. The van der Waals surface area contributed by atoms with Crippen molar-refractivity contribution in [3.05, 3.63) is 29.1 Å². The van der Waals surface area contributed by atoms with Gasteiger partial charge in [0, 0.05) is 24.8 Å². The number of hydrogen-bond acceptors (Lipinski definition) is 2. The van der Waals surface area contributed by atoms with Gasteiger partial charge in [0.05, 0.1) is 0 Å². The van der Waals surface area contributed by atoms with Gasteiger partial charge in [-0.25, -0.2) is 4.39 Å². The van der Waals surface area contributed by atoms with Gasteiger partial charge in [0.25, 0.3) is 0 Å². The molecule has 0 bridgehead atoms. The number of benzene rings is 1. The molecule has 2 N–H and O–H groups in total. The molecule has 1 saturated carbocycles. The van der Waals surface area contributed by atoms with Crippen molar-refractivity contribution in [2.24, 2.45) is 5.73 Å². The van der Waals surface area contributed by atoms with Crippen molar-refractivity contribution in [3.8, 4) is 0 Å². The summed E-state index contributed by atoms with van der Waals surface area (Å²) in [4.78, 5) is 2.29. The van der Waals surface area contributed by atoms with Gasteiger partial charge >= 0.3 is 0 Å². The van der Waals surface area contributed by atoms with E-state index in [1.54, 1.807) is 6.07 Å². The normalized spacial score (nSPS) is 18.1. The van der Waals surface area contributed by atoms with E-state index in [-0.39, 0.29) is 11.9 Å². The molecule has 100 valence electrons. The predicted molar refractivity (Wildman–Crippen MR) is 74.4 cm³/mol. The predicted octanol–water partition coefficient (Wildman–Crippen LogP) is 3.53. The molecule has 1 aliphatic carbocycles. The maximum atomic E-state index is 13.7. The van der Waals surface area contributed by atoms with Crippen molar-refractivity contribution in [3.63, 3.8) is 0 Å². The van der Waals surface area contributed by atoms with E-state index in [1.807, 2.05) is 19.9 Å². The van der Waals surface area contributed by atoms with E-state index in [9.17, 15) is 4.39 Å². The van der Waals surface area contributed by atoms with Crippen LogP contribution in [0.4, 0.5) is 10.1 Å². The van der Waals surface area contributed by atoms with Gasteiger partial charge in [-0.1, -0.05) is 12.8 Å². The van der Waals surface area contributed by atoms with Crippen LogP contribution in [0.25, 0.3) is 0 Å². The minimum Gasteiger partial charge on any atom is -0.371 e. The van der Waals surface area contributed by atoms with E-state index in [0.29, 0.717) is 11.6 Å². The smallest absolute Gasteiger partial charge is 0.126 e. The Balaban J connectivity index is 2.38. The number of rotatable bonds is 3. The van der Waals surface area contributed by atoms with Gasteiger partial charge < -0.3 is 10.6 Å². The molecule has 0 spiro atoms. The minimum atomic E-state index is -0.161. The number of hydrogen-bond donors (Lipinski definition) is 1. The van der Waals surface area contributed by atoms with Crippen LogP contribution in [0.1, 0.15) is 49.8 Å². The highest BCUT2D eigenvalue weighted by molar-refractivity contribution is 5.57. The van der Waals surface area contributed by atoms with E-state index < -0.39 is 0 Å². The molecule has 0 saturated heterocycles. The summed E-state index contributed by atoms with van der Waals surface area (Å²) < 4.78 is 13.7. The molecular formula is C15H23FN2. The quantitative estimate of drug-likeness (QED) is 0.889. The van der Waals surface area contributed by atoms with E-state index in [0.717, 1.165) is 11.3 Å². The summed E-state index contributed by atoms with van der Waals surface area (Å²) >= 11 is 0. The van der Waals surface area contributed by atoms with Crippen molar-refractivity contribution in [2.75, 3.05) is 11.9 Å². The van der Waals surface area contributed by atoms with Crippen LogP contribution in [0, 0.1) is 12.7 Å². The van der Waals surface area contributed by atoms with Crippen LogP contribution < -0.4 is 10.6 Å². The monoisotopic (exact) mass is 250 g/mol. The fraction of sp³-hybridized carbons (Fsp3) is 0.600. The molecule has 3 heteroatoms. The molecule has 1 atom stereocenters. The Hall–Kier alpha value is -1.09. The first-order valence-electron chi connectivity index (χ1n) is 6.79. The van der Waals surface area contributed by atoms with Crippen LogP contribution in [-0.2, 0) is 0 Å². The Morgan fingerprint density at radius 2 is 1.94 bits per heavy atom. The molecule has 0 aromatic heterocycles. The van der Waals surface area contributed by atoms with Crippen LogP contribution >= 0.6 is 0 Å². The second-order valence-corrected chi connectivity index (χ2v) is 5.50. The minimum absolute atomic E-state index is 0.140. The van der Waals surface area contributed by atoms with Crippen LogP contribution in [0.3, 0.4) is 0 Å². The third-order valence-corrected chi connectivity index (χ3v) is 4.05. The van der Waals surface area contributed by atoms with E-state index in [4.69, 9.17) is 5.73 Å². The second-order valence-electron chi connectivity index (χ2n) is 5.50. The molecule has 0 aliphatic heterocycles. The zero-order valence-electron chi connectivity index (χ0n) is 11.5. The average molecular weight is 250 g/mol. The molecule has 1 aliphatic rings. The molecule has 2 nitrogen and oxygen atoms in total. The zero-order valence-corrected chi connectivity index (χ0v) is 11.5. The standard InChI is InChI=1S/C15H23FN2/c1-10-8-15(13(11(2)17)9-14(10)16)18(3)12-6-4-5-7-12/h8-9,11-12H,4-7,17H2,1-3H3/t11-/m1/s1. The molecule has 0 heterocycles. The van der Waals surface area contributed by atoms with Gasteiger partial charge in [-0.15, -0.1) is 0 Å². The summed E-state index contributed by atoms with van der Waals surface area (Å²) in [6, 6.07) is 3.97. The summed E-state index contributed by atoms with van der Waals surface area (Å²) in [6.07, 6.45) is 5.04. The van der Waals surface area contributed by atoms with Crippen LogP contribution in [0.15, 0.2) is 12.1 Å². The molecular weight excluding hydrogens is 227 g/mol.